The number of pyridine rings is 2. The molecule has 0 bridgehead atoms. The number of aliphatic hydroxyl groups is 2. The molecule has 2 aromatic heterocycles. The largest absolute Gasteiger partial charge is 0.458 e. The number of cyclic esters (lactones) is 1. The summed E-state index contributed by atoms with van der Waals surface area (Å²) < 4.78 is 12.4. The maximum Gasteiger partial charge on any atom is 0.343 e. The number of ether oxygens (including phenoxy) is 2. The minimum atomic E-state index is -1.92. The Bertz CT molecular complexity index is 1870. The maximum absolute atomic E-state index is 13.6. The van der Waals surface area contributed by atoms with Crippen molar-refractivity contribution in [2.24, 2.45) is 5.73 Å². The number of fused-ring (bicyclic) bond motifs is 5. The number of amides is 2. The molecule has 0 fully saturated rings. The van der Waals surface area contributed by atoms with Crippen LogP contribution in [0, 0.1) is 0 Å². The van der Waals surface area contributed by atoms with Crippen molar-refractivity contribution in [1.29, 1.82) is 0 Å². The van der Waals surface area contributed by atoms with Gasteiger partial charge in [0.15, 0.2) is 5.60 Å². The van der Waals surface area contributed by atoms with Crippen LogP contribution >= 0.6 is 0 Å². The summed E-state index contributed by atoms with van der Waals surface area (Å²) in [6.07, 6.45) is 0.289. The molecule has 0 saturated heterocycles. The van der Waals surface area contributed by atoms with Gasteiger partial charge in [-0.25, -0.2) is 9.78 Å². The monoisotopic (exact) mass is 677 g/mol. The average molecular weight is 678 g/mol. The molecular formula is C35H43N5O9. The summed E-state index contributed by atoms with van der Waals surface area (Å²) in [7, 11) is 0. The minimum absolute atomic E-state index is 0.00580. The van der Waals surface area contributed by atoms with Gasteiger partial charge in [0.25, 0.3) is 5.56 Å². The summed E-state index contributed by atoms with van der Waals surface area (Å²) in [5, 5.41) is 26.8. The molecule has 1 unspecified atom stereocenters. The van der Waals surface area contributed by atoms with Gasteiger partial charge in [-0.05, 0) is 62.4 Å². The van der Waals surface area contributed by atoms with Crippen LogP contribution in [0.25, 0.3) is 22.3 Å². The van der Waals surface area contributed by atoms with Crippen LogP contribution in [0.15, 0.2) is 29.1 Å². The zero-order chi connectivity index (χ0) is 35.6. The first-order valence-corrected chi connectivity index (χ1v) is 16.7. The fourth-order valence-corrected chi connectivity index (χ4v) is 6.51. The summed E-state index contributed by atoms with van der Waals surface area (Å²) in [5.74, 6) is -1.81. The van der Waals surface area contributed by atoms with Gasteiger partial charge in [0.1, 0.15) is 24.6 Å². The Morgan fingerprint density at radius 3 is 2.55 bits per heavy atom. The van der Waals surface area contributed by atoms with E-state index in [2.05, 4.69) is 10.6 Å². The number of nitrogens with zero attached hydrogens (tertiary/aromatic N) is 2. The van der Waals surface area contributed by atoms with Gasteiger partial charge in [0.2, 0.25) is 11.8 Å². The highest BCUT2D eigenvalue weighted by Gasteiger charge is 2.45. The number of aliphatic hydroxyl groups excluding tert-OH is 1. The molecule has 262 valence electrons. The number of hydrogen-bond donors (Lipinski definition) is 5. The van der Waals surface area contributed by atoms with E-state index in [0.29, 0.717) is 35.5 Å². The van der Waals surface area contributed by atoms with Crippen molar-refractivity contribution in [1.82, 2.24) is 20.2 Å². The molecule has 1 aromatic carbocycles. The van der Waals surface area contributed by atoms with Crippen molar-refractivity contribution in [3.05, 3.63) is 56.9 Å². The van der Waals surface area contributed by atoms with E-state index in [0.717, 1.165) is 16.5 Å². The van der Waals surface area contributed by atoms with Crippen LogP contribution in [0.1, 0.15) is 88.5 Å². The van der Waals surface area contributed by atoms with Crippen LogP contribution in [0.5, 0.6) is 5.75 Å². The lowest BCUT2D eigenvalue weighted by molar-refractivity contribution is -0.172. The third kappa shape index (κ3) is 7.07. The Hall–Kier alpha value is -4.66. The minimum Gasteiger partial charge on any atom is -0.458 e. The maximum atomic E-state index is 13.6. The van der Waals surface area contributed by atoms with Crippen molar-refractivity contribution < 1.29 is 38.9 Å². The quantitative estimate of drug-likeness (QED) is 0.0782. The van der Waals surface area contributed by atoms with Crippen molar-refractivity contribution in [2.75, 3.05) is 0 Å². The van der Waals surface area contributed by atoms with Crippen LogP contribution < -0.4 is 26.7 Å². The van der Waals surface area contributed by atoms with Gasteiger partial charge in [-0.2, -0.15) is 0 Å². The second-order valence-electron chi connectivity index (χ2n) is 12.6. The number of hydrogen-bond acceptors (Lipinski definition) is 11. The number of aryl methyl sites for hydroxylation is 1. The molecule has 0 saturated carbocycles. The second kappa shape index (κ2) is 14.4. The summed E-state index contributed by atoms with van der Waals surface area (Å²) in [6.45, 7) is 7.24. The SMILES string of the molecule is CCCC(=O)N[C@H](CC(N)O)C(=O)N[C@@H](C)CCC(=O)Oc1ccc2nc3c(c(CC)c2c1)Cn1c-3cc2c(c1=O)COC(=O)[C@]2(O)CC. The highest BCUT2D eigenvalue weighted by atomic mass is 16.6. The number of rotatable bonds is 13. The Kier molecular flexibility index (Phi) is 10.5. The number of nitrogens with two attached hydrogens (primary N) is 1. The first-order chi connectivity index (χ1) is 23.3. The van der Waals surface area contributed by atoms with Gasteiger partial charge < -0.3 is 40.6 Å². The molecule has 2 aliphatic heterocycles. The standard InChI is InChI=1S/C35H43N5O9/c1-5-8-29(42)38-26(15-28(36)41)32(44)37-18(4)9-12-30(43)49-19-10-11-25-21(13-19)20(6-2)22-16-40-27(31(22)39-25)14-24-23(33(40)45)17-48-34(46)35(24,47)7-3/h10-11,13-14,18,26,28,41,47H,5-9,12,15-17,36H2,1-4H3,(H,37,44)(H,38,42)/t18-,26+,28?,35-/m0/s1. The number of benzene rings is 1. The van der Waals surface area contributed by atoms with Gasteiger partial charge in [0.05, 0.1) is 29.0 Å². The van der Waals surface area contributed by atoms with Gasteiger partial charge in [-0.15, -0.1) is 0 Å². The number of nitrogens with one attached hydrogen (secondary N) is 2. The molecule has 3 aromatic rings. The van der Waals surface area contributed by atoms with Crippen molar-refractivity contribution >= 4 is 34.7 Å². The molecule has 6 N–H and O–H groups in total. The Morgan fingerprint density at radius 1 is 1.12 bits per heavy atom. The van der Waals surface area contributed by atoms with Crippen LogP contribution in [0.2, 0.25) is 0 Å². The fourth-order valence-electron chi connectivity index (χ4n) is 6.51. The van der Waals surface area contributed by atoms with Gasteiger partial charge in [-0.1, -0.05) is 20.8 Å². The zero-order valence-corrected chi connectivity index (χ0v) is 28.1. The van der Waals surface area contributed by atoms with Crippen molar-refractivity contribution in [3.8, 4) is 17.1 Å². The molecule has 2 aliphatic rings. The van der Waals surface area contributed by atoms with E-state index in [4.69, 9.17) is 20.2 Å². The molecule has 0 spiro atoms. The molecule has 0 aliphatic carbocycles. The van der Waals surface area contributed by atoms with Gasteiger partial charge in [-0.3, -0.25) is 19.2 Å². The van der Waals surface area contributed by atoms with Gasteiger partial charge in [0, 0.05) is 41.8 Å². The molecule has 49 heavy (non-hydrogen) atoms. The number of carbonyl (C=O) groups excluding carboxylic acids is 4. The third-order valence-corrected chi connectivity index (χ3v) is 9.14. The van der Waals surface area contributed by atoms with E-state index in [1.54, 1.807) is 42.7 Å². The Labute approximate surface area is 283 Å². The summed E-state index contributed by atoms with van der Waals surface area (Å²) in [4.78, 5) is 68.6. The van der Waals surface area contributed by atoms with Crippen LogP contribution in [0.3, 0.4) is 0 Å². The van der Waals surface area contributed by atoms with Gasteiger partial charge >= 0.3 is 11.9 Å². The van der Waals surface area contributed by atoms with Crippen molar-refractivity contribution in [2.45, 2.75) is 110 Å². The van der Waals surface area contributed by atoms with E-state index in [1.165, 1.54) is 0 Å². The zero-order valence-electron chi connectivity index (χ0n) is 28.1. The number of carbonyl (C=O) groups is 4. The Morgan fingerprint density at radius 2 is 1.88 bits per heavy atom. The molecule has 0 radical (unpaired) electrons. The summed E-state index contributed by atoms with van der Waals surface area (Å²) >= 11 is 0. The number of aromatic nitrogens is 2. The highest BCUT2D eigenvalue weighted by molar-refractivity contribution is 5.91. The highest BCUT2D eigenvalue weighted by Crippen LogP contribution is 2.40. The normalized spacial score (nSPS) is 18.1. The fraction of sp³-hybridized carbons (Fsp3) is 0.486. The first-order valence-electron chi connectivity index (χ1n) is 16.7. The smallest absolute Gasteiger partial charge is 0.343 e. The van der Waals surface area contributed by atoms with E-state index in [1.807, 2.05) is 13.8 Å². The molecule has 2 amide bonds. The van der Waals surface area contributed by atoms with E-state index in [-0.39, 0.29) is 67.8 Å². The third-order valence-electron chi connectivity index (χ3n) is 9.14. The van der Waals surface area contributed by atoms with E-state index < -0.39 is 41.8 Å². The number of esters is 2. The lowest BCUT2D eigenvalue weighted by Crippen LogP contribution is -2.51. The van der Waals surface area contributed by atoms with Crippen LogP contribution in [-0.2, 0) is 49.1 Å². The lowest BCUT2D eigenvalue weighted by Gasteiger charge is -2.31. The average Bonchev–Trinajstić information content (AvgIpc) is 3.42. The van der Waals surface area contributed by atoms with Crippen molar-refractivity contribution in [3.63, 3.8) is 0 Å². The lowest BCUT2D eigenvalue weighted by atomic mass is 9.86. The summed E-state index contributed by atoms with van der Waals surface area (Å²) in [5.41, 5.74) is 7.19. The molecule has 4 heterocycles. The summed E-state index contributed by atoms with van der Waals surface area (Å²) in [6, 6.07) is 5.33. The van der Waals surface area contributed by atoms with E-state index in [9.17, 15) is 34.2 Å². The molecule has 14 heteroatoms. The van der Waals surface area contributed by atoms with Crippen LogP contribution in [0.4, 0.5) is 0 Å². The molecule has 4 atom stereocenters. The molecule has 14 nitrogen and oxygen atoms in total. The predicted octanol–water partition coefficient (Wildman–Crippen LogP) is 1.78. The second-order valence-corrected chi connectivity index (χ2v) is 12.6. The Balaban J connectivity index is 1.31. The predicted molar refractivity (Wildman–Crippen MR) is 178 cm³/mol. The molecular weight excluding hydrogens is 634 g/mol. The van der Waals surface area contributed by atoms with E-state index >= 15 is 0 Å². The molecule has 5 rings (SSSR count). The topological polar surface area (TPSA) is 212 Å². The first kappa shape index (κ1) is 35.6. The van der Waals surface area contributed by atoms with Crippen LogP contribution in [-0.4, -0.2) is 61.8 Å².